The van der Waals surface area contributed by atoms with Crippen molar-refractivity contribution in [1.82, 2.24) is 4.31 Å². The molecule has 1 aromatic carbocycles. The minimum atomic E-state index is -3.77. The largest absolute Gasteiger partial charge is 0.327 e. The number of halogens is 1. The fraction of sp³-hybridized carbons (Fsp3) is 0.500. The molecule has 4 nitrogen and oxygen atoms in total. The van der Waals surface area contributed by atoms with E-state index in [1.54, 1.807) is 19.1 Å². The van der Waals surface area contributed by atoms with Gasteiger partial charge < -0.3 is 5.73 Å². The van der Waals surface area contributed by atoms with Crippen LogP contribution in [0.1, 0.15) is 18.4 Å². The first kappa shape index (κ1) is 13.5. The molecule has 2 rings (SSSR count). The summed E-state index contributed by atoms with van der Waals surface area (Å²) in [6, 6.07) is 4.24. The van der Waals surface area contributed by atoms with Crippen molar-refractivity contribution in [2.45, 2.75) is 30.7 Å². The standard InChI is InChI=1S/C12H17FN2O2S/c1-9-4-2-6-11(12(9)13)18(16,17)15-7-3-5-10(14)8-15/h2,4,6,10H,3,5,7-8,14H2,1H3/t10-/m1/s1. The van der Waals surface area contributed by atoms with Crippen LogP contribution in [0.3, 0.4) is 0 Å². The van der Waals surface area contributed by atoms with Crippen LogP contribution in [-0.4, -0.2) is 31.9 Å². The van der Waals surface area contributed by atoms with E-state index in [1.807, 2.05) is 0 Å². The summed E-state index contributed by atoms with van der Waals surface area (Å²) in [4.78, 5) is -0.253. The van der Waals surface area contributed by atoms with Crippen molar-refractivity contribution in [3.63, 3.8) is 0 Å². The van der Waals surface area contributed by atoms with Gasteiger partial charge in [-0.1, -0.05) is 12.1 Å². The van der Waals surface area contributed by atoms with Gasteiger partial charge >= 0.3 is 0 Å². The molecule has 1 aliphatic heterocycles. The number of nitrogens with two attached hydrogens (primary N) is 1. The summed E-state index contributed by atoms with van der Waals surface area (Å²) in [6.07, 6.45) is 1.52. The molecule has 1 heterocycles. The van der Waals surface area contributed by atoms with E-state index in [4.69, 9.17) is 5.73 Å². The average molecular weight is 272 g/mol. The second-order valence-electron chi connectivity index (χ2n) is 4.65. The lowest BCUT2D eigenvalue weighted by molar-refractivity contribution is 0.315. The summed E-state index contributed by atoms with van der Waals surface area (Å²) in [5.41, 5.74) is 6.10. The molecule has 0 unspecified atom stereocenters. The van der Waals surface area contributed by atoms with Crippen LogP contribution in [0.15, 0.2) is 23.1 Å². The highest BCUT2D eigenvalue weighted by molar-refractivity contribution is 7.89. The van der Waals surface area contributed by atoms with Crippen LogP contribution in [0.5, 0.6) is 0 Å². The van der Waals surface area contributed by atoms with E-state index >= 15 is 0 Å². The van der Waals surface area contributed by atoms with E-state index in [1.165, 1.54) is 10.4 Å². The van der Waals surface area contributed by atoms with Gasteiger partial charge in [0.15, 0.2) is 0 Å². The average Bonchev–Trinajstić information content (AvgIpc) is 2.32. The highest BCUT2D eigenvalue weighted by Crippen LogP contribution is 2.23. The molecule has 2 N–H and O–H groups in total. The van der Waals surface area contributed by atoms with Gasteiger partial charge in [-0.2, -0.15) is 4.31 Å². The summed E-state index contributed by atoms with van der Waals surface area (Å²) >= 11 is 0. The van der Waals surface area contributed by atoms with E-state index in [0.717, 1.165) is 6.42 Å². The molecule has 1 saturated heterocycles. The number of rotatable bonds is 2. The SMILES string of the molecule is Cc1cccc(S(=O)(=O)N2CCC[C@@H](N)C2)c1F. The van der Waals surface area contributed by atoms with Crippen LogP contribution in [-0.2, 0) is 10.0 Å². The van der Waals surface area contributed by atoms with Crippen molar-refractivity contribution in [2.75, 3.05) is 13.1 Å². The Morgan fingerprint density at radius 3 is 2.83 bits per heavy atom. The van der Waals surface area contributed by atoms with Crippen LogP contribution in [0.4, 0.5) is 4.39 Å². The van der Waals surface area contributed by atoms with Gasteiger partial charge in [-0.05, 0) is 31.4 Å². The highest BCUT2D eigenvalue weighted by atomic mass is 32.2. The summed E-state index contributed by atoms with van der Waals surface area (Å²) in [5.74, 6) is -0.670. The summed E-state index contributed by atoms with van der Waals surface area (Å²) < 4.78 is 39.9. The first-order chi connectivity index (χ1) is 8.43. The molecular formula is C12H17FN2O2S. The molecule has 1 aliphatic rings. The third-order valence-electron chi connectivity index (χ3n) is 3.19. The van der Waals surface area contributed by atoms with Crippen molar-refractivity contribution < 1.29 is 12.8 Å². The third kappa shape index (κ3) is 2.41. The first-order valence-electron chi connectivity index (χ1n) is 5.94. The Labute approximate surface area is 107 Å². The summed E-state index contributed by atoms with van der Waals surface area (Å²) in [5, 5.41) is 0. The smallest absolute Gasteiger partial charge is 0.246 e. The molecule has 0 amide bonds. The van der Waals surface area contributed by atoms with E-state index in [0.29, 0.717) is 18.5 Å². The maximum Gasteiger partial charge on any atom is 0.246 e. The van der Waals surface area contributed by atoms with E-state index < -0.39 is 15.8 Å². The molecule has 100 valence electrons. The molecule has 0 radical (unpaired) electrons. The second kappa shape index (κ2) is 4.95. The molecule has 0 bridgehead atoms. The predicted octanol–water partition coefficient (Wildman–Crippen LogP) is 1.25. The van der Waals surface area contributed by atoms with Gasteiger partial charge in [0.25, 0.3) is 0 Å². The summed E-state index contributed by atoms with van der Waals surface area (Å²) in [7, 11) is -3.77. The van der Waals surface area contributed by atoms with Crippen molar-refractivity contribution in [2.24, 2.45) is 5.73 Å². The molecule has 1 atom stereocenters. The number of hydrogen-bond acceptors (Lipinski definition) is 3. The van der Waals surface area contributed by atoms with Crippen molar-refractivity contribution in [3.8, 4) is 0 Å². The van der Waals surface area contributed by atoms with E-state index in [9.17, 15) is 12.8 Å². The van der Waals surface area contributed by atoms with Crippen LogP contribution >= 0.6 is 0 Å². The monoisotopic (exact) mass is 272 g/mol. The lowest BCUT2D eigenvalue weighted by atomic mass is 10.1. The van der Waals surface area contributed by atoms with Gasteiger partial charge in [-0.3, -0.25) is 0 Å². The lowest BCUT2D eigenvalue weighted by Crippen LogP contribution is -2.45. The zero-order chi connectivity index (χ0) is 13.3. The zero-order valence-corrected chi connectivity index (χ0v) is 11.1. The predicted molar refractivity (Wildman–Crippen MR) is 67.1 cm³/mol. The molecule has 18 heavy (non-hydrogen) atoms. The molecule has 0 aromatic heterocycles. The highest BCUT2D eigenvalue weighted by Gasteiger charge is 2.31. The Hall–Kier alpha value is -0.980. The molecule has 0 saturated carbocycles. The fourth-order valence-corrected chi connectivity index (χ4v) is 3.82. The van der Waals surface area contributed by atoms with E-state index in [-0.39, 0.29) is 17.5 Å². The van der Waals surface area contributed by atoms with Crippen molar-refractivity contribution >= 4 is 10.0 Å². The van der Waals surface area contributed by atoms with Crippen LogP contribution in [0.2, 0.25) is 0 Å². The number of nitrogens with zero attached hydrogens (tertiary/aromatic N) is 1. The van der Waals surface area contributed by atoms with Gasteiger partial charge in [0.2, 0.25) is 10.0 Å². The van der Waals surface area contributed by atoms with Crippen LogP contribution in [0, 0.1) is 12.7 Å². The van der Waals surface area contributed by atoms with Crippen LogP contribution < -0.4 is 5.73 Å². The normalized spacial score (nSPS) is 22.1. The van der Waals surface area contributed by atoms with E-state index in [2.05, 4.69) is 0 Å². The molecule has 0 spiro atoms. The van der Waals surface area contributed by atoms with Crippen molar-refractivity contribution in [1.29, 1.82) is 0 Å². The van der Waals surface area contributed by atoms with Gasteiger partial charge in [-0.25, -0.2) is 12.8 Å². The minimum absolute atomic E-state index is 0.165. The Balaban J connectivity index is 2.39. The van der Waals surface area contributed by atoms with Crippen molar-refractivity contribution in [3.05, 3.63) is 29.6 Å². The third-order valence-corrected chi connectivity index (χ3v) is 5.08. The maximum absolute atomic E-state index is 13.9. The maximum atomic E-state index is 13.9. The number of aryl methyl sites for hydroxylation is 1. The molecule has 1 aromatic rings. The van der Waals surface area contributed by atoms with Gasteiger partial charge in [0.1, 0.15) is 10.7 Å². The Bertz CT molecular complexity index is 545. The molecule has 1 fully saturated rings. The number of benzene rings is 1. The Morgan fingerprint density at radius 1 is 1.44 bits per heavy atom. The zero-order valence-electron chi connectivity index (χ0n) is 10.3. The van der Waals surface area contributed by atoms with Crippen LogP contribution in [0.25, 0.3) is 0 Å². The lowest BCUT2D eigenvalue weighted by Gasteiger charge is -2.30. The number of sulfonamides is 1. The summed E-state index contributed by atoms with van der Waals surface area (Å²) in [6.45, 7) is 2.22. The molecule has 6 heteroatoms. The molecular weight excluding hydrogens is 255 g/mol. The Kier molecular flexibility index (Phi) is 3.70. The minimum Gasteiger partial charge on any atom is -0.327 e. The fourth-order valence-electron chi connectivity index (χ4n) is 2.15. The second-order valence-corrected chi connectivity index (χ2v) is 6.56. The first-order valence-corrected chi connectivity index (χ1v) is 7.38. The van der Waals surface area contributed by atoms with Gasteiger partial charge in [0, 0.05) is 19.1 Å². The topological polar surface area (TPSA) is 63.4 Å². The number of hydrogen-bond donors (Lipinski definition) is 1. The number of piperidine rings is 1. The molecule has 0 aliphatic carbocycles. The van der Waals surface area contributed by atoms with Gasteiger partial charge in [-0.15, -0.1) is 0 Å². The quantitative estimate of drug-likeness (QED) is 0.881. The van der Waals surface area contributed by atoms with Gasteiger partial charge in [0.05, 0.1) is 0 Å². The Morgan fingerprint density at radius 2 is 2.17 bits per heavy atom.